The molecule has 12 heteroatoms. The molecule has 0 aliphatic carbocycles. The summed E-state index contributed by atoms with van der Waals surface area (Å²) in [5, 5.41) is 21.9. The predicted octanol–water partition coefficient (Wildman–Crippen LogP) is 12.8. The van der Waals surface area contributed by atoms with Gasteiger partial charge in [0.1, 0.15) is 12.7 Å². The second-order valence-electron chi connectivity index (χ2n) is 15.6. The molecule has 0 aliphatic rings. The highest BCUT2D eigenvalue weighted by Crippen LogP contribution is 2.43. The van der Waals surface area contributed by atoms with Crippen LogP contribution in [0.3, 0.4) is 0 Å². The van der Waals surface area contributed by atoms with Crippen LogP contribution in [0, 0.1) is 0 Å². The van der Waals surface area contributed by atoms with Crippen molar-refractivity contribution < 1.29 is 47.8 Å². The Balaban J connectivity index is 3.97. The van der Waals surface area contributed by atoms with Crippen molar-refractivity contribution in [2.24, 2.45) is 0 Å². The van der Waals surface area contributed by atoms with Gasteiger partial charge in [0.2, 0.25) is 5.91 Å². The molecular weight excluding hydrogens is 818 g/mol. The molecule has 3 atom stereocenters. The largest absolute Gasteiger partial charge is 0.480 e. The number of esters is 1. The highest BCUT2D eigenvalue weighted by molar-refractivity contribution is 7.47. The first kappa shape index (κ1) is 59.4. The first-order chi connectivity index (χ1) is 30.6. The van der Waals surface area contributed by atoms with E-state index in [9.17, 15) is 34.1 Å². The fourth-order valence-electron chi connectivity index (χ4n) is 5.94. The van der Waals surface area contributed by atoms with Gasteiger partial charge in [0.05, 0.1) is 13.2 Å². The average Bonchev–Trinajstić information content (AvgIpc) is 3.26. The van der Waals surface area contributed by atoms with Crippen molar-refractivity contribution in [1.29, 1.82) is 0 Å². The lowest BCUT2D eigenvalue weighted by Crippen LogP contribution is -2.43. The summed E-state index contributed by atoms with van der Waals surface area (Å²) >= 11 is 0. The van der Waals surface area contributed by atoms with Gasteiger partial charge in [-0.2, -0.15) is 0 Å². The number of amides is 1. The Hall–Kier alpha value is -3.60. The number of aliphatic hydroxyl groups excluding tert-OH is 1. The van der Waals surface area contributed by atoms with Crippen molar-refractivity contribution in [3.8, 4) is 0 Å². The maximum atomic E-state index is 12.3. The summed E-state index contributed by atoms with van der Waals surface area (Å²) < 4.78 is 26.9. The lowest BCUT2D eigenvalue weighted by Gasteiger charge is -2.18. The minimum atomic E-state index is -4.78. The van der Waals surface area contributed by atoms with E-state index in [0.717, 1.165) is 103 Å². The van der Waals surface area contributed by atoms with Gasteiger partial charge >= 0.3 is 19.8 Å². The molecule has 0 spiro atoms. The molecule has 63 heavy (non-hydrogen) atoms. The Bertz CT molecular complexity index is 1430. The molecule has 0 aromatic heterocycles. The van der Waals surface area contributed by atoms with Crippen LogP contribution < -0.4 is 5.32 Å². The highest BCUT2D eigenvalue weighted by atomic mass is 31.2. The van der Waals surface area contributed by atoms with Crippen LogP contribution in [0.2, 0.25) is 0 Å². The molecule has 0 aliphatic heterocycles. The van der Waals surface area contributed by atoms with Crippen LogP contribution in [0.1, 0.15) is 174 Å². The van der Waals surface area contributed by atoms with Crippen LogP contribution in [0.5, 0.6) is 0 Å². The Labute approximate surface area is 381 Å². The number of phosphoric acid groups is 1. The highest BCUT2D eigenvalue weighted by Gasteiger charge is 2.28. The number of unbranched alkanes of at least 4 members (excludes halogenated alkanes) is 13. The van der Waals surface area contributed by atoms with Gasteiger partial charge in [-0.1, -0.05) is 162 Å². The van der Waals surface area contributed by atoms with Crippen LogP contribution in [-0.4, -0.2) is 64.9 Å². The lowest BCUT2D eigenvalue weighted by molar-refractivity contribution is -0.147. The van der Waals surface area contributed by atoms with Gasteiger partial charge in [-0.3, -0.25) is 18.6 Å². The summed E-state index contributed by atoms with van der Waals surface area (Å²) in [6, 6.07) is -1.56. The fourth-order valence-corrected chi connectivity index (χ4v) is 6.71. The Morgan fingerprint density at radius 1 is 0.524 bits per heavy atom. The number of ether oxygens (including phenoxy) is 1. The molecule has 3 unspecified atom stereocenters. The van der Waals surface area contributed by atoms with E-state index in [1.54, 1.807) is 0 Å². The topological polar surface area (TPSA) is 169 Å². The molecular formula is C51H84NO10P. The maximum Gasteiger partial charge on any atom is 0.472 e. The van der Waals surface area contributed by atoms with Gasteiger partial charge in [0.25, 0.3) is 0 Å². The van der Waals surface area contributed by atoms with Crippen molar-refractivity contribution in [2.75, 3.05) is 19.8 Å². The first-order valence-corrected chi connectivity index (χ1v) is 25.3. The second kappa shape index (κ2) is 45.0. The zero-order chi connectivity index (χ0) is 46.3. The summed E-state index contributed by atoms with van der Waals surface area (Å²) in [6.07, 6.45) is 57.1. The SMILES string of the molecule is CC/C=C\C/C=C\C/C=C\C/C=C\C/C=C\C/C=C\CCCCC(=O)OCC(O)COP(=O)(O)OCC(NC(=O)CCCCCCCCC/C=C\C/C=C\CCCCCC)C(=O)O. The minimum Gasteiger partial charge on any atom is -0.480 e. The van der Waals surface area contributed by atoms with Gasteiger partial charge < -0.3 is 25.2 Å². The molecule has 4 N–H and O–H groups in total. The number of rotatable bonds is 43. The number of carboxylic acid groups (broad SMARTS) is 1. The predicted molar refractivity (Wildman–Crippen MR) is 258 cm³/mol. The minimum absolute atomic E-state index is 0.128. The molecule has 1 amide bonds. The quantitative estimate of drug-likeness (QED) is 0.0200. The summed E-state index contributed by atoms with van der Waals surface area (Å²) in [4.78, 5) is 46.0. The van der Waals surface area contributed by atoms with E-state index in [1.165, 1.54) is 32.1 Å². The summed E-state index contributed by atoms with van der Waals surface area (Å²) in [6.45, 7) is 2.41. The number of nitrogens with one attached hydrogen (secondary N) is 1. The number of carbonyl (C=O) groups is 3. The third kappa shape index (κ3) is 44.8. The lowest BCUT2D eigenvalue weighted by atomic mass is 10.1. The molecule has 0 rings (SSSR count). The van der Waals surface area contributed by atoms with Crippen LogP contribution in [0.4, 0.5) is 0 Å². The van der Waals surface area contributed by atoms with Crippen molar-refractivity contribution in [3.63, 3.8) is 0 Å². The van der Waals surface area contributed by atoms with E-state index in [4.69, 9.17) is 13.8 Å². The Kier molecular flexibility index (Phi) is 42.4. The smallest absolute Gasteiger partial charge is 0.472 e. The van der Waals surface area contributed by atoms with Crippen molar-refractivity contribution in [3.05, 3.63) is 97.2 Å². The van der Waals surface area contributed by atoms with Crippen molar-refractivity contribution in [2.45, 2.75) is 187 Å². The molecule has 11 nitrogen and oxygen atoms in total. The molecule has 0 heterocycles. The fraction of sp³-hybridized carbons (Fsp3) is 0.627. The Morgan fingerprint density at radius 3 is 1.40 bits per heavy atom. The third-order valence-electron chi connectivity index (χ3n) is 9.61. The standard InChI is InChI=1S/C51H84NO10P/c1-3-5-7-9-11-13-15-17-19-21-23-24-25-27-29-31-33-35-37-39-41-43-50(55)60-44-47(53)45-61-63(58,59)62-46-48(51(56)57)52-49(54)42-40-38-36-34-32-30-28-26-22-20-18-16-14-12-10-8-6-4-2/h5,7,11,13-14,16-17,19-20,22-24,27,29,33,35,47-48,53H,3-4,6,8-10,12,15,18,21,25-26,28,30-32,34,36-46H2,1-2H3,(H,52,54)(H,56,57)(H,58,59)/b7-5-,13-11-,16-14-,19-17-,22-20-,24-23-,29-27-,35-33-. The van der Waals surface area contributed by atoms with E-state index in [-0.39, 0.29) is 12.8 Å². The number of aliphatic hydroxyl groups is 1. The monoisotopic (exact) mass is 902 g/mol. The zero-order valence-corrected chi connectivity index (χ0v) is 39.7. The number of hydrogen-bond acceptors (Lipinski definition) is 8. The van der Waals surface area contributed by atoms with Crippen molar-refractivity contribution in [1.82, 2.24) is 5.32 Å². The van der Waals surface area contributed by atoms with Crippen LogP contribution in [-0.2, 0) is 32.7 Å². The van der Waals surface area contributed by atoms with Gasteiger partial charge in [-0.25, -0.2) is 9.36 Å². The average molecular weight is 902 g/mol. The molecule has 0 bridgehead atoms. The first-order valence-electron chi connectivity index (χ1n) is 23.8. The summed E-state index contributed by atoms with van der Waals surface area (Å²) in [7, 11) is -4.78. The molecule has 0 saturated heterocycles. The number of allylic oxidation sites excluding steroid dienone is 16. The van der Waals surface area contributed by atoms with Gasteiger partial charge in [-0.05, 0) is 96.3 Å². The summed E-state index contributed by atoms with van der Waals surface area (Å²) in [5.41, 5.74) is 0. The third-order valence-corrected chi connectivity index (χ3v) is 10.6. The molecule has 0 saturated carbocycles. The van der Waals surface area contributed by atoms with E-state index >= 15 is 0 Å². The number of aliphatic carboxylic acids is 1. The number of hydrogen-bond donors (Lipinski definition) is 4. The second-order valence-corrected chi connectivity index (χ2v) is 17.0. The van der Waals surface area contributed by atoms with Gasteiger partial charge in [-0.15, -0.1) is 0 Å². The number of carboxylic acids is 1. The maximum absolute atomic E-state index is 12.3. The van der Waals surface area contributed by atoms with Crippen molar-refractivity contribution >= 4 is 25.7 Å². The van der Waals surface area contributed by atoms with Gasteiger partial charge in [0.15, 0.2) is 6.04 Å². The number of phosphoric ester groups is 1. The van der Waals surface area contributed by atoms with E-state index in [0.29, 0.717) is 12.8 Å². The molecule has 0 fully saturated rings. The van der Waals surface area contributed by atoms with Crippen LogP contribution in [0.15, 0.2) is 97.2 Å². The van der Waals surface area contributed by atoms with E-state index in [1.807, 2.05) is 0 Å². The molecule has 0 radical (unpaired) electrons. The van der Waals surface area contributed by atoms with E-state index < -0.39 is 57.6 Å². The Morgan fingerprint density at radius 2 is 0.921 bits per heavy atom. The molecule has 0 aromatic rings. The normalized spacial score (nSPS) is 14.5. The zero-order valence-electron chi connectivity index (χ0n) is 38.8. The van der Waals surface area contributed by atoms with Crippen LogP contribution >= 0.6 is 7.82 Å². The molecule has 0 aromatic carbocycles. The number of carbonyl (C=O) groups excluding carboxylic acids is 2. The van der Waals surface area contributed by atoms with Crippen LogP contribution in [0.25, 0.3) is 0 Å². The molecule has 358 valence electrons. The van der Waals surface area contributed by atoms with E-state index in [2.05, 4.69) is 116 Å². The van der Waals surface area contributed by atoms with Gasteiger partial charge in [0, 0.05) is 12.8 Å². The summed E-state index contributed by atoms with van der Waals surface area (Å²) in [5.74, 6) is -2.44.